The number of rotatable bonds is 32. The Morgan fingerprint density at radius 3 is 1.53 bits per heavy atom. The summed E-state index contributed by atoms with van der Waals surface area (Å²) in [6.07, 6.45) is 24.9. The maximum atomic E-state index is 5.96. The minimum Gasteiger partial charge on any atom is -0.379 e. The summed E-state index contributed by atoms with van der Waals surface area (Å²) in [5.41, 5.74) is 0. The van der Waals surface area contributed by atoms with Gasteiger partial charge in [-0.1, -0.05) is 90.9 Å². The van der Waals surface area contributed by atoms with Crippen molar-refractivity contribution in [3.63, 3.8) is 0 Å². The second-order valence-electron chi connectivity index (χ2n) is 10.6. The lowest BCUT2D eigenvalue weighted by Crippen LogP contribution is -2.23. The number of hydrogen-bond donors (Lipinski definition) is 2. The molecule has 2 N–H and O–H groups in total. The van der Waals surface area contributed by atoms with E-state index in [4.69, 9.17) is 14.2 Å². The van der Waals surface area contributed by atoms with E-state index in [1.165, 1.54) is 116 Å². The van der Waals surface area contributed by atoms with Crippen LogP contribution in [0.3, 0.4) is 0 Å². The molecule has 0 saturated heterocycles. The zero-order chi connectivity index (χ0) is 26.2. The van der Waals surface area contributed by atoms with Crippen LogP contribution in [0.15, 0.2) is 0 Å². The van der Waals surface area contributed by atoms with E-state index in [0.29, 0.717) is 12.9 Å². The molecule has 0 rings (SSSR count). The van der Waals surface area contributed by atoms with Crippen LogP contribution in [0.4, 0.5) is 0 Å². The van der Waals surface area contributed by atoms with Gasteiger partial charge in [0.2, 0.25) is 0 Å². The van der Waals surface area contributed by atoms with Gasteiger partial charge in [-0.05, 0) is 78.0 Å². The Morgan fingerprint density at radius 1 is 0.472 bits per heavy atom. The molecule has 0 aliphatic rings. The summed E-state index contributed by atoms with van der Waals surface area (Å²) in [5, 5.41) is 7.12. The van der Waals surface area contributed by atoms with E-state index in [0.717, 1.165) is 52.4 Å². The first-order valence-electron chi connectivity index (χ1n) is 16.0. The number of unbranched alkanes of at least 4 members (excludes halogenated alkanes) is 13. The molecule has 0 saturated carbocycles. The Labute approximate surface area is 226 Å². The Balaban J connectivity index is 3.09. The van der Waals surface area contributed by atoms with Crippen molar-refractivity contribution in [1.29, 1.82) is 0 Å². The van der Waals surface area contributed by atoms with Crippen LogP contribution in [0.5, 0.6) is 0 Å². The van der Waals surface area contributed by atoms with Gasteiger partial charge in [0.05, 0.1) is 6.10 Å². The molecule has 0 bridgehead atoms. The third-order valence-electron chi connectivity index (χ3n) is 6.77. The molecule has 1 unspecified atom stereocenters. The van der Waals surface area contributed by atoms with Gasteiger partial charge in [0.25, 0.3) is 0 Å². The molecule has 0 aromatic rings. The third-order valence-corrected chi connectivity index (χ3v) is 6.77. The molecule has 0 aliphatic carbocycles. The first-order valence-corrected chi connectivity index (χ1v) is 16.0. The maximum absolute atomic E-state index is 5.96. The van der Waals surface area contributed by atoms with Crippen molar-refractivity contribution in [2.24, 2.45) is 0 Å². The molecule has 218 valence electrons. The van der Waals surface area contributed by atoms with Crippen LogP contribution in [0, 0.1) is 0 Å². The van der Waals surface area contributed by atoms with Gasteiger partial charge in [-0.25, -0.2) is 0 Å². The van der Waals surface area contributed by atoms with Crippen molar-refractivity contribution in [2.75, 3.05) is 52.8 Å². The number of nitrogens with one attached hydrogen (secondary N) is 2. The third kappa shape index (κ3) is 31.8. The molecule has 0 aliphatic heterocycles. The lowest BCUT2D eigenvalue weighted by atomic mass is 10.1. The highest BCUT2D eigenvalue weighted by molar-refractivity contribution is 4.56. The molecule has 0 radical (unpaired) electrons. The van der Waals surface area contributed by atoms with Crippen molar-refractivity contribution in [3.05, 3.63) is 0 Å². The Hall–Kier alpha value is -0.200. The van der Waals surface area contributed by atoms with Gasteiger partial charge in [-0.2, -0.15) is 0 Å². The minimum atomic E-state index is 0.425. The van der Waals surface area contributed by atoms with Gasteiger partial charge in [0.15, 0.2) is 0 Å². The second kappa shape index (κ2) is 32.8. The Morgan fingerprint density at radius 2 is 0.917 bits per heavy atom. The van der Waals surface area contributed by atoms with Gasteiger partial charge in [-0.15, -0.1) is 0 Å². The van der Waals surface area contributed by atoms with Gasteiger partial charge < -0.3 is 24.8 Å². The summed E-state index contributed by atoms with van der Waals surface area (Å²) in [7, 11) is 0. The van der Waals surface area contributed by atoms with Gasteiger partial charge in [0, 0.05) is 19.8 Å². The highest BCUT2D eigenvalue weighted by Crippen LogP contribution is 2.09. The predicted molar refractivity (Wildman–Crippen MR) is 157 cm³/mol. The normalized spacial score (nSPS) is 12.4. The maximum Gasteiger partial charge on any atom is 0.146 e. The summed E-state index contributed by atoms with van der Waals surface area (Å²) in [6, 6.07) is 0. The SMILES string of the molecule is CCCCCCCCOCOCCCCNCCCNCCCCCC(C)OCCCCCCCC. The molecule has 0 amide bonds. The smallest absolute Gasteiger partial charge is 0.146 e. The molecule has 0 aromatic heterocycles. The molecule has 0 fully saturated rings. The topological polar surface area (TPSA) is 51.8 Å². The van der Waals surface area contributed by atoms with Crippen molar-refractivity contribution >= 4 is 0 Å². The van der Waals surface area contributed by atoms with Gasteiger partial charge >= 0.3 is 0 Å². The zero-order valence-electron chi connectivity index (χ0n) is 24.9. The number of ether oxygens (including phenoxy) is 3. The van der Waals surface area contributed by atoms with Gasteiger partial charge in [-0.3, -0.25) is 0 Å². The molecule has 1 atom stereocenters. The average molecular weight is 515 g/mol. The molecule has 0 aromatic carbocycles. The van der Waals surface area contributed by atoms with Crippen LogP contribution < -0.4 is 10.6 Å². The highest BCUT2D eigenvalue weighted by atomic mass is 16.7. The highest BCUT2D eigenvalue weighted by Gasteiger charge is 2.02. The summed E-state index contributed by atoms with van der Waals surface area (Å²) in [4.78, 5) is 0. The standard InChI is InChI=1S/C31H66N2O3/c1-4-6-8-10-12-18-27-34-30-35-28-20-17-24-33-26-21-25-32-23-16-14-15-22-31(3)36-29-19-13-11-9-7-5-2/h31-33H,4-30H2,1-3H3. The fourth-order valence-corrected chi connectivity index (χ4v) is 4.31. The second-order valence-corrected chi connectivity index (χ2v) is 10.6. The van der Waals surface area contributed by atoms with Crippen LogP contribution in [-0.4, -0.2) is 58.9 Å². The molecule has 5 nitrogen and oxygen atoms in total. The summed E-state index contributed by atoms with van der Waals surface area (Å²) in [6.45, 7) is 14.3. The van der Waals surface area contributed by atoms with Crippen LogP contribution in [0.25, 0.3) is 0 Å². The molecule has 0 spiro atoms. The predicted octanol–water partition coefficient (Wildman–Crippen LogP) is 8.01. The summed E-state index contributed by atoms with van der Waals surface area (Å²) < 4.78 is 17.1. The zero-order valence-corrected chi connectivity index (χ0v) is 24.9. The monoisotopic (exact) mass is 515 g/mol. The lowest BCUT2D eigenvalue weighted by molar-refractivity contribution is -0.0554. The van der Waals surface area contributed by atoms with Crippen LogP contribution in [0.1, 0.15) is 143 Å². The Bertz CT molecular complexity index is 385. The van der Waals surface area contributed by atoms with E-state index in [9.17, 15) is 0 Å². The fraction of sp³-hybridized carbons (Fsp3) is 1.00. The Kier molecular flexibility index (Phi) is 32.6. The summed E-state index contributed by atoms with van der Waals surface area (Å²) in [5.74, 6) is 0. The largest absolute Gasteiger partial charge is 0.379 e. The van der Waals surface area contributed by atoms with E-state index in [1.807, 2.05) is 0 Å². The van der Waals surface area contributed by atoms with Crippen molar-refractivity contribution in [3.8, 4) is 0 Å². The van der Waals surface area contributed by atoms with Crippen molar-refractivity contribution in [2.45, 2.75) is 149 Å². The molecular weight excluding hydrogens is 448 g/mol. The van der Waals surface area contributed by atoms with Crippen molar-refractivity contribution < 1.29 is 14.2 Å². The molecule has 5 heteroatoms. The van der Waals surface area contributed by atoms with E-state index in [-0.39, 0.29) is 0 Å². The van der Waals surface area contributed by atoms with Gasteiger partial charge in [0.1, 0.15) is 6.79 Å². The first-order chi connectivity index (χ1) is 17.8. The minimum absolute atomic E-state index is 0.425. The molecule has 0 heterocycles. The van der Waals surface area contributed by atoms with E-state index < -0.39 is 0 Å². The van der Waals surface area contributed by atoms with Crippen LogP contribution in [0.2, 0.25) is 0 Å². The van der Waals surface area contributed by atoms with E-state index >= 15 is 0 Å². The van der Waals surface area contributed by atoms with E-state index in [2.05, 4.69) is 31.4 Å². The van der Waals surface area contributed by atoms with E-state index in [1.54, 1.807) is 0 Å². The average Bonchev–Trinajstić information content (AvgIpc) is 2.88. The van der Waals surface area contributed by atoms with Crippen LogP contribution >= 0.6 is 0 Å². The molecule has 36 heavy (non-hydrogen) atoms. The molecular formula is C31H66N2O3. The first kappa shape index (κ1) is 35.8. The number of hydrogen-bond acceptors (Lipinski definition) is 5. The van der Waals surface area contributed by atoms with Crippen LogP contribution in [-0.2, 0) is 14.2 Å². The quantitative estimate of drug-likeness (QED) is 0.0703. The lowest BCUT2D eigenvalue weighted by Gasteiger charge is -2.13. The van der Waals surface area contributed by atoms with Crippen molar-refractivity contribution in [1.82, 2.24) is 10.6 Å². The summed E-state index contributed by atoms with van der Waals surface area (Å²) >= 11 is 0. The fourth-order valence-electron chi connectivity index (χ4n) is 4.31.